The molecule has 0 N–H and O–H groups in total. The van der Waals surface area contributed by atoms with Crippen LogP contribution >= 0.6 is 11.6 Å². The van der Waals surface area contributed by atoms with Gasteiger partial charge in [0.1, 0.15) is 17.5 Å². The summed E-state index contributed by atoms with van der Waals surface area (Å²) in [4.78, 5) is 13.9. The minimum Gasteiger partial charge on any atom is -0.480 e. The number of anilines is 1. The monoisotopic (exact) mass is 375 g/mol. The van der Waals surface area contributed by atoms with Gasteiger partial charge in [-0.3, -0.25) is 0 Å². The van der Waals surface area contributed by atoms with Gasteiger partial charge in [0.25, 0.3) is 0 Å². The number of nitrogens with zero attached hydrogens (tertiary/aromatic N) is 5. The first-order chi connectivity index (χ1) is 12.6. The van der Waals surface area contributed by atoms with E-state index in [9.17, 15) is 4.39 Å². The van der Waals surface area contributed by atoms with Crippen LogP contribution in [0, 0.1) is 17.3 Å². The smallest absolute Gasteiger partial charge is 0.234 e. The molecule has 2 aromatic rings. The van der Waals surface area contributed by atoms with Gasteiger partial charge in [0.15, 0.2) is 0 Å². The molecular formula is C18H19ClFN5O. The molecule has 0 unspecified atom stereocenters. The maximum atomic E-state index is 12.8. The van der Waals surface area contributed by atoms with Crippen molar-refractivity contribution >= 4 is 17.3 Å². The fourth-order valence-corrected chi connectivity index (χ4v) is 2.98. The molecule has 2 aromatic heterocycles. The van der Waals surface area contributed by atoms with Gasteiger partial charge in [-0.05, 0) is 25.7 Å². The highest BCUT2D eigenvalue weighted by Gasteiger charge is 2.27. The van der Waals surface area contributed by atoms with Gasteiger partial charge in [0.2, 0.25) is 11.8 Å². The summed E-state index contributed by atoms with van der Waals surface area (Å²) in [5, 5.41) is 9.22. The molecule has 0 radical (unpaired) electrons. The fraction of sp³-hybridized carbons (Fsp3) is 0.444. The second-order valence-corrected chi connectivity index (χ2v) is 6.60. The number of ether oxygens (including phenoxy) is 1. The van der Waals surface area contributed by atoms with E-state index in [1.165, 1.54) is 25.6 Å². The van der Waals surface area contributed by atoms with Gasteiger partial charge in [-0.25, -0.2) is 9.97 Å². The molecule has 2 aliphatic rings. The van der Waals surface area contributed by atoms with Crippen LogP contribution in [0.25, 0.3) is 0 Å². The normalized spacial score (nSPS) is 15.8. The third-order valence-corrected chi connectivity index (χ3v) is 4.57. The summed E-state index contributed by atoms with van der Waals surface area (Å²) in [5.74, 6) is 1.21. The van der Waals surface area contributed by atoms with Crippen molar-refractivity contribution in [1.29, 1.82) is 5.26 Å². The van der Waals surface area contributed by atoms with E-state index in [4.69, 9.17) is 21.6 Å². The number of rotatable bonds is 3. The highest BCUT2D eigenvalue weighted by atomic mass is 35.5. The molecule has 0 atom stereocenters. The van der Waals surface area contributed by atoms with E-state index in [2.05, 4.69) is 19.9 Å². The maximum absolute atomic E-state index is 12.8. The molecule has 3 heterocycles. The lowest BCUT2D eigenvalue weighted by Gasteiger charge is -2.18. The van der Waals surface area contributed by atoms with Crippen LogP contribution in [0.15, 0.2) is 18.5 Å². The Morgan fingerprint density at radius 1 is 1.27 bits per heavy atom. The molecule has 0 amide bonds. The molecule has 26 heavy (non-hydrogen) atoms. The van der Waals surface area contributed by atoms with Crippen LogP contribution in [0.3, 0.4) is 0 Å². The standard InChI is InChI=1S/C9H10ClFN2.C9H9N3O/c10-7-6-12-9(11)5-8(7)13-3-1-2-4-13;1-13-9-7(4-10)5-11-8(12-9)6-2-3-6/h5-6H,1-4H2;5-6H,2-3H2,1H3. The maximum Gasteiger partial charge on any atom is 0.234 e. The van der Waals surface area contributed by atoms with Crippen LogP contribution in [0.2, 0.25) is 5.02 Å². The van der Waals surface area contributed by atoms with Gasteiger partial charge in [-0.2, -0.15) is 14.6 Å². The van der Waals surface area contributed by atoms with Gasteiger partial charge in [-0.1, -0.05) is 11.6 Å². The summed E-state index contributed by atoms with van der Waals surface area (Å²) in [6.07, 6.45) is 7.49. The van der Waals surface area contributed by atoms with Gasteiger partial charge < -0.3 is 9.64 Å². The first kappa shape index (κ1) is 18.3. The van der Waals surface area contributed by atoms with Crippen molar-refractivity contribution in [1.82, 2.24) is 15.0 Å². The average molecular weight is 376 g/mol. The number of aromatic nitrogens is 3. The van der Waals surface area contributed by atoms with E-state index in [0.29, 0.717) is 22.4 Å². The number of pyridine rings is 1. The largest absolute Gasteiger partial charge is 0.480 e. The summed E-state index contributed by atoms with van der Waals surface area (Å²) in [7, 11) is 1.51. The van der Waals surface area contributed by atoms with E-state index < -0.39 is 5.95 Å². The van der Waals surface area contributed by atoms with Crippen LogP contribution in [0.5, 0.6) is 5.88 Å². The number of methoxy groups -OCH3 is 1. The Bertz CT molecular complexity index is 816. The zero-order valence-corrected chi connectivity index (χ0v) is 15.2. The summed E-state index contributed by atoms with van der Waals surface area (Å²) in [6, 6.07) is 3.38. The van der Waals surface area contributed by atoms with E-state index in [1.54, 1.807) is 0 Å². The second-order valence-electron chi connectivity index (χ2n) is 6.19. The molecule has 0 aromatic carbocycles. The first-order valence-electron chi connectivity index (χ1n) is 8.49. The fourth-order valence-electron chi connectivity index (χ4n) is 2.75. The Morgan fingerprint density at radius 3 is 2.62 bits per heavy atom. The number of hydrogen-bond acceptors (Lipinski definition) is 6. The molecule has 1 saturated heterocycles. The molecule has 8 heteroatoms. The quantitative estimate of drug-likeness (QED) is 0.761. The summed E-state index contributed by atoms with van der Waals surface area (Å²) >= 11 is 5.91. The third-order valence-electron chi connectivity index (χ3n) is 4.28. The van der Waals surface area contributed by atoms with Crippen LogP contribution < -0.4 is 9.64 Å². The topological polar surface area (TPSA) is 74.9 Å². The Kier molecular flexibility index (Phi) is 5.84. The lowest BCUT2D eigenvalue weighted by molar-refractivity contribution is 0.393. The number of hydrogen-bond donors (Lipinski definition) is 0. The third kappa shape index (κ3) is 4.38. The van der Waals surface area contributed by atoms with E-state index in [1.807, 2.05) is 6.07 Å². The predicted octanol–water partition coefficient (Wildman–Crippen LogP) is 3.71. The number of nitriles is 1. The SMILES string of the molecule is COc1nc(C2CC2)ncc1C#N.Fc1cc(N2CCCC2)c(Cl)cn1. The summed E-state index contributed by atoms with van der Waals surface area (Å²) in [6.45, 7) is 1.92. The highest BCUT2D eigenvalue weighted by molar-refractivity contribution is 6.33. The van der Waals surface area contributed by atoms with Crippen LogP contribution in [0.1, 0.15) is 43.0 Å². The van der Waals surface area contributed by atoms with Crippen LogP contribution in [-0.2, 0) is 0 Å². The van der Waals surface area contributed by atoms with E-state index >= 15 is 0 Å². The minimum absolute atomic E-state index is 0.388. The molecule has 4 rings (SSSR count). The van der Waals surface area contributed by atoms with Crippen molar-refractivity contribution in [3.63, 3.8) is 0 Å². The molecular weight excluding hydrogens is 357 g/mol. The Hall–Kier alpha value is -2.46. The molecule has 1 aliphatic carbocycles. The molecule has 1 aliphatic heterocycles. The Morgan fingerprint density at radius 2 is 2.00 bits per heavy atom. The minimum atomic E-state index is -0.466. The first-order valence-corrected chi connectivity index (χ1v) is 8.87. The van der Waals surface area contributed by atoms with Gasteiger partial charge in [-0.15, -0.1) is 0 Å². The number of halogens is 2. The Labute approximate surface area is 156 Å². The molecule has 0 spiro atoms. The lowest BCUT2D eigenvalue weighted by Crippen LogP contribution is -2.18. The van der Waals surface area contributed by atoms with Crippen molar-refractivity contribution in [2.45, 2.75) is 31.6 Å². The lowest BCUT2D eigenvalue weighted by atomic mass is 10.3. The highest BCUT2D eigenvalue weighted by Crippen LogP contribution is 2.38. The van der Waals surface area contributed by atoms with Gasteiger partial charge in [0, 0.05) is 25.1 Å². The van der Waals surface area contributed by atoms with Gasteiger partial charge >= 0.3 is 0 Å². The van der Waals surface area contributed by atoms with Crippen molar-refractivity contribution in [3.8, 4) is 11.9 Å². The van der Waals surface area contributed by atoms with E-state index in [0.717, 1.165) is 50.3 Å². The molecule has 2 fully saturated rings. The predicted molar refractivity (Wildman–Crippen MR) is 95.9 cm³/mol. The van der Waals surface area contributed by atoms with Crippen molar-refractivity contribution in [3.05, 3.63) is 40.8 Å². The van der Waals surface area contributed by atoms with Crippen molar-refractivity contribution < 1.29 is 9.13 Å². The second kappa shape index (κ2) is 8.28. The molecule has 1 saturated carbocycles. The summed E-state index contributed by atoms with van der Waals surface area (Å²) < 4.78 is 17.8. The molecule has 6 nitrogen and oxygen atoms in total. The zero-order valence-electron chi connectivity index (χ0n) is 14.5. The molecule has 0 bridgehead atoms. The van der Waals surface area contributed by atoms with Crippen LogP contribution in [-0.4, -0.2) is 35.2 Å². The van der Waals surface area contributed by atoms with E-state index in [-0.39, 0.29) is 0 Å². The zero-order chi connectivity index (χ0) is 18.5. The van der Waals surface area contributed by atoms with Gasteiger partial charge in [0.05, 0.1) is 30.2 Å². The Balaban J connectivity index is 0.000000151. The van der Waals surface area contributed by atoms with Crippen LogP contribution in [0.4, 0.5) is 10.1 Å². The van der Waals surface area contributed by atoms with Crippen molar-refractivity contribution in [2.75, 3.05) is 25.1 Å². The molecule has 136 valence electrons. The summed E-state index contributed by atoms with van der Waals surface area (Å²) in [5.41, 5.74) is 1.17. The average Bonchev–Trinajstić information content (AvgIpc) is 3.38. The van der Waals surface area contributed by atoms with Crippen molar-refractivity contribution in [2.24, 2.45) is 0 Å².